The predicted molar refractivity (Wildman–Crippen MR) is 170 cm³/mol. The van der Waals surface area contributed by atoms with E-state index >= 15 is 0 Å². The Morgan fingerprint density at radius 3 is 2.16 bits per heavy atom. The highest BCUT2D eigenvalue weighted by atomic mass is 32.2. The lowest BCUT2D eigenvalue weighted by Gasteiger charge is -2.43. The van der Waals surface area contributed by atoms with Gasteiger partial charge < -0.3 is 24.4 Å². The highest BCUT2D eigenvalue weighted by Gasteiger charge is 2.68. The second-order valence-electron chi connectivity index (χ2n) is 14.4. The first-order chi connectivity index (χ1) is 19.4. The van der Waals surface area contributed by atoms with Crippen LogP contribution in [0.15, 0.2) is 38.5 Å². The normalized spacial score (nSPS) is 26.8. The first-order valence-corrected chi connectivity index (χ1v) is 21.6. The molecule has 1 spiro atoms. The molecular formula is C28H49N3O9SSi2. The molecular weight excluding hydrogens is 611 g/mol. The summed E-state index contributed by atoms with van der Waals surface area (Å²) in [6, 6.07) is 0. The van der Waals surface area contributed by atoms with Crippen LogP contribution in [-0.4, -0.2) is 70.3 Å². The maximum absolute atomic E-state index is 13.6. The fourth-order valence-electron chi connectivity index (χ4n) is 4.64. The van der Waals surface area contributed by atoms with E-state index in [9.17, 15) is 23.1 Å². The highest BCUT2D eigenvalue weighted by molar-refractivity contribution is 7.91. The molecule has 1 aromatic heterocycles. The van der Waals surface area contributed by atoms with Gasteiger partial charge in [0.2, 0.25) is 0 Å². The molecule has 3 rings (SSSR count). The van der Waals surface area contributed by atoms with Crippen molar-refractivity contribution in [2.45, 2.75) is 109 Å². The quantitative estimate of drug-likeness (QED) is 0.314. The molecule has 0 aromatic carbocycles. The second-order valence-corrected chi connectivity index (χ2v) is 25.5. The Hall–Kier alpha value is -1.86. The van der Waals surface area contributed by atoms with Crippen molar-refractivity contribution in [2.24, 2.45) is 12.8 Å². The Bertz CT molecular complexity index is 1530. The largest absolute Gasteiger partial charge is 0.414 e. The molecule has 0 bridgehead atoms. The lowest BCUT2D eigenvalue weighted by atomic mass is 9.88. The third kappa shape index (κ3) is 6.19. The summed E-state index contributed by atoms with van der Waals surface area (Å²) in [7, 11) is -8.24. The maximum Gasteiger partial charge on any atom is 0.332 e. The van der Waals surface area contributed by atoms with Gasteiger partial charge in [0.25, 0.3) is 15.7 Å². The molecule has 12 nitrogen and oxygen atoms in total. The van der Waals surface area contributed by atoms with Gasteiger partial charge in [0.1, 0.15) is 17.1 Å². The first kappa shape index (κ1) is 35.6. The Kier molecular flexibility index (Phi) is 9.52. The molecule has 3 heterocycles. The molecule has 2 aliphatic rings. The van der Waals surface area contributed by atoms with E-state index in [0.717, 1.165) is 4.57 Å². The zero-order valence-electron chi connectivity index (χ0n) is 27.5. The third-order valence-corrected chi connectivity index (χ3v) is 19.8. The SMILES string of the molecule is Cc1cn([C@@H]2O[C@H](CO[Si](C)(C)C(C)(C)C)C3(OS(=O)(=O)C(/C=C/CO)=C3N)[C@H]2O[Si](C)(C)C(C)(C)C)c(=O)n(C)c1=O. The Morgan fingerprint density at radius 1 is 1.09 bits per heavy atom. The Labute approximate surface area is 256 Å². The fourth-order valence-corrected chi connectivity index (χ4v) is 8.35. The predicted octanol–water partition coefficient (Wildman–Crippen LogP) is 2.98. The van der Waals surface area contributed by atoms with Crippen LogP contribution in [0.1, 0.15) is 53.3 Å². The second kappa shape index (κ2) is 11.5. The minimum Gasteiger partial charge on any atom is -0.414 e. The van der Waals surface area contributed by atoms with Gasteiger partial charge in [-0.3, -0.25) is 13.9 Å². The van der Waals surface area contributed by atoms with Crippen molar-refractivity contribution >= 4 is 26.8 Å². The van der Waals surface area contributed by atoms with Crippen molar-refractivity contribution in [3.05, 3.63) is 55.4 Å². The van der Waals surface area contributed by atoms with Crippen LogP contribution >= 0.6 is 0 Å². The van der Waals surface area contributed by atoms with Gasteiger partial charge in [0.05, 0.1) is 18.9 Å². The number of aryl methyl sites for hydroxylation is 1. The summed E-state index contributed by atoms with van der Waals surface area (Å²) in [5.74, 6) is 0. The molecule has 1 aromatic rings. The van der Waals surface area contributed by atoms with Crippen molar-refractivity contribution in [1.29, 1.82) is 0 Å². The Balaban J connectivity index is 2.39. The van der Waals surface area contributed by atoms with E-state index < -0.39 is 68.6 Å². The minimum absolute atomic E-state index is 0.100. The number of aliphatic hydroxyl groups is 1. The lowest BCUT2D eigenvalue weighted by molar-refractivity contribution is -0.0566. The van der Waals surface area contributed by atoms with E-state index in [2.05, 4.69) is 33.9 Å². The topological polar surface area (TPSA) is 161 Å². The van der Waals surface area contributed by atoms with Crippen molar-refractivity contribution in [3.63, 3.8) is 0 Å². The van der Waals surface area contributed by atoms with Crippen LogP contribution in [0.25, 0.3) is 0 Å². The van der Waals surface area contributed by atoms with Crippen LogP contribution in [0.4, 0.5) is 0 Å². The number of allylic oxidation sites excluding steroid dienone is 1. The molecule has 4 atom stereocenters. The molecule has 0 aliphatic carbocycles. The van der Waals surface area contributed by atoms with E-state index in [4.69, 9.17) is 23.5 Å². The monoisotopic (exact) mass is 659 g/mol. The number of hydrogen-bond acceptors (Lipinski definition) is 10. The van der Waals surface area contributed by atoms with E-state index in [1.165, 1.54) is 30.0 Å². The highest BCUT2D eigenvalue weighted by Crippen LogP contribution is 2.53. The summed E-state index contributed by atoms with van der Waals surface area (Å²) in [4.78, 5) is 25.8. The number of nitrogens with zero attached hydrogens (tertiary/aromatic N) is 2. The summed E-state index contributed by atoms with van der Waals surface area (Å²) in [5, 5.41) is 8.90. The molecule has 1 saturated heterocycles. The molecule has 1 unspecified atom stereocenters. The van der Waals surface area contributed by atoms with Gasteiger partial charge in [-0.2, -0.15) is 8.42 Å². The van der Waals surface area contributed by atoms with Gasteiger partial charge in [-0.25, -0.2) is 8.98 Å². The van der Waals surface area contributed by atoms with E-state index in [1.54, 1.807) is 6.92 Å². The summed E-state index contributed by atoms with van der Waals surface area (Å²) in [5.41, 5.74) is 3.80. The molecule has 0 saturated carbocycles. The Morgan fingerprint density at radius 2 is 1.65 bits per heavy atom. The number of aromatic nitrogens is 2. The average Bonchev–Trinajstić information content (AvgIpc) is 3.25. The number of rotatable bonds is 8. The molecule has 15 heteroatoms. The van der Waals surface area contributed by atoms with E-state index in [1.807, 2.05) is 33.9 Å². The van der Waals surface area contributed by atoms with E-state index in [-0.39, 0.29) is 32.8 Å². The van der Waals surface area contributed by atoms with Crippen molar-refractivity contribution in [3.8, 4) is 0 Å². The van der Waals surface area contributed by atoms with Crippen LogP contribution in [0.5, 0.6) is 0 Å². The first-order valence-electron chi connectivity index (χ1n) is 14.3. The molecule has 2 aliphatic heterocycles. The number of ether oxygens (including phenoxy) is 1. The van der Waals surface area contributed by atoms with Crippen LogP contribution in [0.2, 0.25) is 36.3 Å². The molecule has 3 N–H and O–H groups in total. The maximum atomic E-state index is 13.6. The third-order valence-electron chi connectivity index (χ3n) is 9.43. The zero-order chi connectivity index (χ0) is 33.1. The summed E-state index contributed by atoms with van der Waals surface area (Å²) in [6.45, 7) is 21.4. The smallest absolute Gasteiger partial charge is 0.332 e. The number of hydrogen-bond donors (Lipinski definition) is 2. The molecule has 43 heavy (non-hydrogen) atoms. The average molecular weight is 660 g/mol. The van der Waals surface area contributed by atoms with Gasteiger partial charge in [-0.1, -0.05) is 47.6 Å². The van der Waals surface area contributed by atoms with Crippen molar-refractivity contribution in [2.75, 3.05) is 13.2 Å². The number of nitrogens with two attached hydrogens (primary N) is 1. The lowest BCUT2D eigenvalue weighted by Crippen LogP contribution is -2.59. The van der Waals surface area contributed by atoms with E-state index in [0.29, 0.717) is 0 Å². The van der Waals surface area contributed by atoms with Crippen LogP contribution in [0.3, 0.4) is 0 Å². The van der Waals surface area contributed by atoms with Crippen LogP contribution in [0, 0.1) is 6.92 Å². The summed E-state index contributed by atoms with van der Waals surface area (Å²) >= 11 is 0. The molecule has 0 radical (unpaired) electrons. The van der Waals surface area contributed by atoms with Crippen molar-refractivity contribution < 1.29 is 31.3 Å². The molecule has 244 valence electrons. The zero-order valence-corrected chi connectivity index (χ0v) is 30.3. The van der Waals surface area contributed by atoms with Gasteiger partial charge in [-0.05, 0) is 49.3 Å². The minimum atomic E-state index is -4.45. The number of aliphatic hydroxyl groups excluding tert-OH is 1. The molecule has 0 amide bonds. The van der Waals surface area contributed by atoms with Crippen molar-refractivity contribution in [1.82, 2.24) is 9.13 Å². The van der Waals surface area contributed by atoms with Crippen LogP contribution < -0.4 is 17.0 Å². The van der Waals surface area contributed by atoms with Gasteiger partial charge in [0, 0.05) is 18.8 Å². The fraction of sp³-hybridized carbons (Fsp3) is 0.714. The standard InChI is InChI=1S/C28H49N3O9SSi2/c1-18-16-31(25(34)30(8)23(18)33)24-22(39-43(11,12)27(5,6)7)28(20(38-24)17-37-42(9,10)26(2,3)4)21(29)19(14-13-15-32)41(35,36)40-28/h13-14,16,20,22,24,32H,15,17,29H2,1-12H3/b14-13+/t20-,22+,24-,28?/m1/s1. The van der Waals surface area contributed by atoms with Crippen LogP contribution in [-0.2, 0) is 34.9 Å². The summed E-state index contributed by atoms with van der Waals surface area (Å²) < 4.78 is 55.4. The van der Waals surface area contributed by atoms with Gasteiger partial charge in [0.15, 0.2) is 28.5 Å². The summed E-state index contributed by atoms with van der Waals surface area (Å²) in [6.07, 6.45) is 0.255. The van der Waals surface area contributed by atoms with Gasteiger partial charge in [-0.15, -0.1) is 0 Å². The molecule has 1 fully saturated rings. The van der Waals surface area contributed by atoms with Gasteiger partial charge >= 0.3 is 5.69 Å².